The number of esters is 2. The maximum atomic E-state index is 13.1. The van der Waals surface area contributed by atoms with E-state index < -0.39 is 11.9 Å². The van der Waals surface area contributed by atoms with E-state index in [2.05, 4.69) is 40.7 Å². The van der Waals surface area contributed by atoms with Gasteiger partial charge in [0.05, 0.1) is 6.61 Å². The lowest BCUT2D eigenvalue weighted by molar-refractivity contribution is -0.154. The highest BCUT2D eigenvalue weighted by Crippen LogP contribution is 2.67. The van der Waals surface area contributed by atoms with Gasteiger partial charge in [-0.25, -0.2) is 9.59 Å². The molecule has 7 heteroatoms. The molecule has 3 fully saturated rings. The number of rotatable bonds is 9. The van der Waals surface area contributed by atoms with Crippen LogP contribution in [-0.4, -0.2) is 42.1 Å². The number of hydrogen-bond donors (Lipinski definition) is 1. The second-order valence-electron chi connectivity index (χ2n) is 18.3. The van der Waals surface area contributed by atoms with Crippen LogP contribution in [0.5, 0.6) is 11.5 Å². The Kier molecular flexibility index (Phi) is 12.8. The molecule has 0 saturated heterocycles. The minimum absolute atomic E-state index is 0.0690. The van der Waals surface area contributed by atoms with E-state index in [9.17, 15) is 19.5 Å². The van der Waals surface area contributed by atoms with Crippen LogP contribution >= 0.6 is 0 Å². The summed E-state index contributed by atoms with van der Waals surface area (Å²) in [6.07, 6.45) is 23.1. The van der Waals surface area contributed by atoms with Crippen molar-refractivity contribution in [3.8, 4) is 11.5 Å². The summed E-state index contributed by atoms with van der Waals surface area (Å²) in [6, 6.07) is 3.00. The van der Waals surface area contributed by atoms with Crippen molar-refractivity contribution < 1.29 is 33.7 Å². The number of hydrogen-bond acceptors (Lipinski definition) is 7. The molecule has 5 aliphatic rings. The summed E-state index contributed by atoms with van der Waals surface area (Å²) < 4.78 is 17.3. The molecule has 1 heterocycles. The van der Waals surface area contributed by atoms with E-state index in [1.807, 2.05) is 6.08 Å². The Morgan fingerprint density at radius 3 is 2.60 bits per heavy atom. The van der Waals surface area contributed by atoms with Gasteiger partial charge in [-0.3, -0.25) is 4.79 Å². The van der Waals surface area contributed by atoms with Gasteiger partial charge >= 0.3 is 11.9 Å². The number of aromatic hydroxyl groups is 1. The Bertz CT molecular complexity index is 1540. The molecule has 0 bridgehead atoms. The van der Waals surface area contributed by atoms with Gasteiger partial charge in [0, 0.05) is 25.3 Å². The molecule has 1 N–H and O–H groups in total. The summed E-state index contributed by atoms with van der Waals surface area (Å²) in [5.41, 5.74) is 2.66. The van der Waals surface area contributed by atoms with Gasteiger partial charge in [-0.2, -0.15) is 0 Å². The van der Waals surface area contributed by atoms with Gasteiger partial charge in [-0.1, -0.05) is 77.7 Å². The summed E-state index contributed by atoms with van der Waals surface area (Å²) in [6.45, 7) is 12.3. The molecule has 1 aromatic carbocycles. The average Bonchev–Trinajstić information content (AvgIpc) is 3.47. The molecule has 8 atom stereocenters. The van der Waals surface area contributed by atoms with Gasteiger partial charge < -0.3 is 19.3 Å². The largest absolute Gasteiger partial charge is 0.507 e. The molecule has 1 aliphatic heterocycles. The minimum atomic E-state index is -0.624. The third-order valence-electron chi connectivity index (χ3n) is 14.4. The van der Waals surface area contributed by atoms with Crippen LogP contribution in [0.15, 0.2) is 29.9 Å². The van der Waals surface area contributed by atoms with Crippen LogP contribution in [0.25, 0.3) is 6.08 Å². The predicted octanol–water partition coefficient (Wildman–Crippen LogP) is 10.8. The SMILES string of the molecule is CC(C)CCCC(C)C1CCC2C3CC=C4CC(OC(=O)COc5cc(O)c6c(c5)C=CCCCC(=O)CCCCOC6=O)CCC4(C)C3CCC12C. The van der Waals surface area contributed by atoms with Crippen LogP contribution in [0, 0.1) is 46.3 Å². The predicted molar refractivity (Wildman–Crippen MR) is 209 cm³/mol. The number of ether oxygens (including phenoxy) is 3. The van der Waals surface area contributed by atoms with Crippen molar-refractivity contribution >= 4 is 23.8 Å². The molecule has 0 aromatic heterocycles. The number of phenols is 1. The highest BCUT2D eigenvalue weighted by atomic mass is 16.6. The van der Waals surface area contributed by atoms with Crippen molar-refractivity contribution in [1.29, 1.82) is 0 Å². The molecule has 0 spiro atoms. The number of fused-ring (bicyclic) bond motifs is 6. The fourth-order valence-electron chi connectivity index (χ4n) is 11.6. The first-order valence-corrected chi connectivity index (χ1v) is 21.1. The van der Waals surface area contributed by atoms with E-state index >= 15 is 0 Å². The van der Waals surface area contributed by atoms with Crippen LogP contribution in [0.2, 0.25) is 0 Å². The molecule has 4 aliphatic carbocycles. The number of carbonyl (C=O) groups is 3. The molecular formula is C46H66O7. The minimum Gasteiger partial charge on any atom is -0.507 e. The van der Waals surface area contributed by atoms with Crippen molar-refractivity contribution in [3.63, 3.8) is 0 Å². The Morgan fingerprint density at radius 1 is 0.981 bits per heavy atom. The third-order valence-corrected chi connectivity index (χ3v) is 14.4. The number of Topliss-reactive ketones (excluding diaryl/α,β-unsaturated/α-hetero) is 1. The van der Waals surface area contributed by atoms with Crippen molar-refractivity contribution in [2.75, 3.05) is 13.2 Å². The summed E-state index contributed by atoms with van der Waals surface area (Å²) in [5.74, 6) is 3.94. The number of carbonyl (C=O) groups excluding carboxylic acids is 3. The molecule has 7 nitrogen and oxygen atoms in total. The van der Waals surface area contributed by atoms with Crippen molar-refractivity contribution in [1.82, 2.24) is 0 Å². The third kappa shape index (κ3) is 8.91. The quantitative estimate of drug-likeness (QED) is 0.199. The van der Waals surface area contributed by atoms with Gasteiger partial charge in [0.2, 0.25) is 0 Å². The maximum Gasteiger partial charge on any atom is 0.344 e. The van der Waals surface area contributed by atoms with Crippen molar-refractivity contribution in [2.24, 2.45) is 46.3 Å². The number of phenolic OH excluding ortho intramolecular Hbond substituents is 1. The molecule has 0 radical (unpaired) electrons. The van der Waals surface area contributed by atoms with E-state index in [1.54, 1.807) is 12.1 Å². The van der Waals surface area contributed by atoms with E-state index in [1.165, 1.54) is 56.6 Å². The number of ketones is 1. The van der Waals surface area contributed by atoms with Crippen molar-refractivity contribution in [2.45, 2.75) is 150 Å². The lowest BCUT2D eigenvalue weighted by Gasteiger charge is -2.58. The van der Waals surface area contributed by atoms with Crippen LogP contribution in [0.4, 0.5) is 0 Å². The molecule has 53 heavy (non-hydrogen) atoms. The Morgan fingerprint density at radius 2 is 1.79 bits per heavy atom. The van der Waals surface area contributed by atoms with E-state index in [-0.39, 0.29) is 47.6 Å². The fraction of sp³-hybridized carbons (Fsp3) is 0.717. The number of cyclic esters (lactones) is 1. The highest BCUT2D eigenvalue weighted by molar-refractivity contribution is 5.97. The first-order valence-electron chi connectivity index (χ1n) is 21.1. The van der Waals surface area contributed by atoms with Crippen LogP contribution < -0.4 is 4.74 Å². The lowest BCUT2D eigenvalue weighted by atomic mass is 9.47. The van der Waals surface area contributed by atoms with Gasteiger partial charge in [0.15, 0.2) is 6.61 Å². The molecule has 1 aromatic rings. The number of benzene rings is 1. The first-order chi connectivity index (χ1) is 25.4. The summed E-state index contributed by atoms with van der Waals surface area (Å²) >= 11 is 0. The zero-order valence-electron chi connectivity index (χ0n) is 33.3. The van der Waals surface area contributed by atoms with E-state index in [4.69, 9.17) is 14.2 Å². The Hall–Kier alpha value is -3.09. The zero-order valence-corrected chi connectivity index (χ0v) is 33.3. The van der Waals surface area contributed by atoms with Crippen molar-refractivity contribution in [3.05, 3.63) is 41.0 Å². The average molecular weight is 731 g/mol. The Labute approximate surface area is 318 Å². The molecule has 3 saturated carbocycles. The van der Waals surface area contributed by atoms with Crippen LogP contribution in [0.3, 0.4) is 0 Å². The van der Waals surface area contributed by atoms with Gasteiger partial charge in [-0.05, 0) is 129 Å². The monoisotopic (exact) mass is 730 g/mol. The van der Waals surface area contributed by atoms with Gasteiger partial charge in [0.1, 0.15) is 28.9 Å². The number of allylic oxidation sites excluding steroid dienone is 2. The fourth-order valence-corrected chi connectivity index (χ4v) is 11.6. The molecule has 6 rings (SSSR count). The van der Waals surface area contributed by atoms with E-state index in [0.717, 1.165) is 61.7 Å². The van der Waals surface area contributed by atoms with Crippen LogP contribution in [-0.2, 0) is 19.1 Å². The van der Waals surface area contributed by atoms with Crippen LogP contribution in [0.1, 0.15) is 160 Å². The smallest absolute Gasteiger partial charge is 0.344 e. The standard InChI is InChI=1S/C46H66O7/c1-30(2)12-11-13-31(3)38-19-20-39-37-18-17-33-27-35(21-23-45(33,4)40(37)22-24-46(38,39)5)53-42(49)29-52-36-26-32-14-7-6-8-15-34(47)16-9-10-25-51-44(50)43(32)41(48)28-36/h7,14,17,26,28,30-31,35,37-40,48H,6,8-13,15-16,18-25,27,29H2,1-5H3. The highest BCUT2D eigenvalue weighted by Gasteiger charge is 2.59. The summed E-state index contributed by atoms with van der Waals surface area (Å²) in [5, 5.41) is 10.9. The van der Waals surface area contributed by atoms with Gasteiger partial charge in [-0.15, -0.1) is 0 Å². The molecular weight excluding hydrogens is 664 g/mol. The lowest BCUT2D eigenvalue weighted by Crippen LogP contribution is -2.51. The zero-order chi connectivity index (χ0) is 37.8. The molecule has 8 unspecified atom stereocenters. The molecule has 0 amide bonds. The van der Waals surface area contributed by atoms with Gasteiger partial charge in [0.25, 0.3) is 0 Å². The topological polar surface area (TPSA) is 99.1 Å². The second-order valence-corrected chi connectivity index (χ2v) is 18.3. The normalized spacial score (nSPS) is 32.6. The maximum absolute atomic E-state index is 13.1. The summed E-state index contributed by atoms with van der Waals surface area (Å²) in [7, 11) is 0. The molecule has 292 valence electrons. The Balaban J connectivity index is 1.05. The first kappa shape index (κ1) is 39.6. The van der Waals surface area contributed by atoms with E-state index in [0.29, 0.717) is 49.0 Å². The summed E-state index contributed by atoms with van der Waals surface area (Å²) in [4.78, 5) is 38.1. The second kappa shape index (κ2) is 17.1.